The molecule has 162 valence electrons. The molecule has 6 aromatic rings. The Labute approximate surface area is 193 Å². The first kappa shape index (κ1) is 19.9. The number of nitrogens with zero attached hydrogens (tertiary/aromatic N) is 3. The quantitative estimate of drug-likeness (QED) is 0.210. The minimum atomic E-state index is 0.423. The van der Waals surface area contributed by atoms with Crippen molar-refractivity contribution in [3.63, 3.8) is 0 Å². The molecule has 6 rings (SSSR count). The number of imidazole rings is 1. The molecule has 0 saturated heterocycles. The molecule has 3 nitrogen and oxygen atoms in total. The van der Waals surface area contributed by atoms with Crippen molar-refractivity contribution in [3.8, 4) is 11.3 Å². The van der Waals surface area contributed by atoms with Crippen LogP contribution in [0.1, 0.15) is 50.7 Å². The molecule has 0 spiro atoms. The SMILES string of the molecule is CC(C)c1cccc(C(C)C)c1-c1cn2c3cc4cccnc4cc3c3ccccc3c2n1. The second-order valence-corrected chi connectivity index (χ2v) is 9.55. The van der Waals surface area contributed by atoms with E-state index in [1.54, 1.807) is 0 Å². The maximum atomic E-state index is 5.27. The van der Waals surface area contributed by atoms with Gasteiger partial charge in [-0.25, -0.2) is 4.98 Å². The Morgan fingerprint density at radius 2 is 1.45 bits per heavy atom. The topological polar surface area (TPSA) is 30.2 Å². The molecule has 0 unspecified atom stereocenters. The number of hydrogen-bond acceptors (Lipinski definition) is 2. The van der Waals surface area contributed by atoms with Crippen molar-refractivity contribution in [2.45, 2.75) is 39.5 Å². The van der Waals surface area contributed by atoms with Crippen LogP contribution in [0.25, 0.3) is 49.5 Å². The third-order valence-electron chi connectivity index (χ3n) is 6.77. The number of hydrogen-bond donors (Lipinski definition) is 0. The molecule has 0 atom stereocenters. The summed E-state index contributed by atoms with van der Waals surface area (Å²) in [6, 6.07) is 23.9. The summed E-state index contributed by atoms with van der Waals surface area (Å²) in [6.45, 7) is 9.07. The van der Waals surface area contributed by atoms with Gasteiger partial charge in [-0.3, -0.25) is 9.38 Å². The molecule has 0 radical (unpaired) electrons. The van der Waals surface area contributed by atoms with Gasteiger partial charge in [0, 0.05) is 34.1 Å². The minimum Gasteiger partial charge on any atom is -0.298 e. The van der Waals surface area contributed by atoms with Gasteiger partial charge < -0.3 is 0 Å². The fourth-order valence-electron chi connectivity index (χ4n) is 5.16. The first-order chi connectivity index (χ1) is 16.0. The zero-order valence-electron chi connectivity index (χ0n) is 19.5. The number of rotatable bonds is 3. The van der Waals surface area contributed by atoms with Gasteiger partial charge in [-0.15, -0.1) is 0 Å². The van der Waals surface area contributed by atoms with E-state index in [1.165, 1.54) is 32.8 Å². The first-order valence-electron chi connectivity index (χ1n) is 11.7. The van der Waals surface area contributed by atoms with Crippen molar-refractivity contribution in [3.05, 3.63) is 90.3 Å². The van der Waals surface area contributed by atoms with Gasteiger partial charge in [0.25, 0.3) is 0 Å². The molecule has 3 heterocycles. The minimum absolute atomic E-state index is 0.423. The number of aromatic nitrogens is 3. The van der Waals surface area contributed by atoms with E-state index in [2.05, 4.69) is 104 Å². The summed E-state index contributed by atoms with van der Waals surface area (Å²) >= 11 is 0. The zero-order valence-corrected chi connectivity index (χ0v) is 19.5. The molecule has 0 aliphatic heterocycles. The second-order valence-electron chi connectivity index (χ2n) is 9.55. The van der Waals surface area contributed by atoms with E-state index >= 15 is 0 Å². The summed E-state index contributed by atoms with van der Waals surface area (Å²) in [4.78, 5) is 9.88. The van der Waals surface area contributed by atoms with E-state index in [0.717, 1.165) is 27.8 Å². The molecule has 3 aromatic heterocycles. The van der Waals surface area contributed by atoms with Gasteiger partial charge in [-0.1, -0.05) is 76.2 Å². The van der Waals surface area contributed by atoms with E-state index in [-0.39, 0.29) is 0 Å². The van der Waals surface area contributed by atoms with E-state index in [4.69, 9.17) is 4.98 Å². The van der Waals surface area contributed by atoms with Gasteiger partial charge in [0.15, 0.2) is 0 Å². The predicted molar refractivity (Wildman–Crippen MR) is 139 cm³/mol. The van der Waals surface area contributed by atoms with Gasteiger partial charge in [-0.2, -0.15) is 0 Å². The lowest BCUT2D eigenvalue weighted by Gasteiger charge is -2.18. The van der Waals surface area contributed by atoms with Crippen LogP contribution < -0.4 is 0 Å². The van der Waals surface area contributed by atoms with E-state index in [9.17, 15) is 0 Å². The van der Waals surface area contributed by atoms with E-state index < -0.39 is 0 Å². The average molecular weight is 430 g/mol. The summed E-state index contributed by atoms with van der Waals surface area (Å²) < 4.78 is 2.28. The smallest absolute Gasteiger partial charge is 0.145 e. The van der Waals surface area contributed by atoms with Gasteiger partial charge in [-0.05, 0) is 46.5 Å². The number of fused-ring (bicyclic) bond motifs is 7. The fourth-order valence-corrected chi connectivity index (χ4v) is 5.16. The van der Waals surface area contributed by atoms with Crippen molar-refractivity contribution in [2.75, 3.05) is 0 Å². The standard InChI is InChI=1S/C30H27N3/c1-18(2)21-12-7-13-22(19(3)4)29(21)27-17-33-28-15-20-9-8-14-31-26(20)16-25(28)23-10-5-6-11-24(23)30(33)32-27/h5-19H,1-4H3. The Morgan fingerprint density at radius 1 is 0.727 bits per heavy atom. The van der Waals surface area contributed by atoms with Crippen molar-refractivity contribution in [1.82, 2.24) is 14.4 Å². The molecule has 0 fully saturated rings. The van der Waals surface area contributed by atoms with Crippen molar-refractivity contribution < 1.29 is 0 Å². The van der Waals surface area contributed by atoms with Crippen LogP contribution in [-0.2, 0) is 0 Å². The Kier molecular flexibility index (Phi) is 4.48. The normalized spacial score (nSPS) is 12.2. The maximum absolute atomic E-state index is 5.27. The highest BCUT2D eigenvalue weighted by molar-refractivity contribution is 6.14. The highest BCUT2D eigenvalue weighted by Crippen LogP contribution is 2.38. The molecule has 0 aliphatic carbocycles. The predicted octanol–water partition coefficient (Wildman–Crippen LogP) is 8.10. The van der Waals surface area contributed by atoms with Crippen LogP contribution in [0, 0.1) is 0 Å². The lowest BCUT2D eigenvalue weighted by Crippen LogP contribution is -1.99. The third kappa shape index (κ3) is 3.03. The highest BCUT2D eigenvalue weighted by Gasteiger charge is 2.20. The molecule has 0 saturated carbocycles. The second kappa shape index (κ2) is 7.41. The Hall–Kier alpha value is -3.72. The molecule has 0 amide bonds. The van der Waals surface area contributed by atoms with Crippen LogP contribution in [0.2, 0.25) is 0 Å². The lowest BCUT2D eigenvalue weighted by atomic mass is 9.87. The third-order valence-corrected chi connectivity index (χ3v) is 6.77. The summed E-state index contributed by atoms with van der Waals surface area (Å²) in [6.07, 6.45) is 4.10. The summed E-state index contributed by atoms with van der Waals surface area (Å²) in [5.41, 5.74) is 8.22. The molecule has 33 heavy (non-hydrogen) atoms. The van der Waals surface area contributed by atoms with Gasteiger partial charge in [0.2, 0.25) is 0 Å². The Bertz CT molecular complexity index is 1650. The summed E-state index contributed by atoms with van der Waals surface area (Å²) in [7, 11) is 0. The van der Waals surface area contributed by atoms with Gasteiger partial charge in [0.1, 0.15) is 5.65 Å². The van der Waals surface area contributed by atoms with Crippen LogP contribution in [0.15, 0.2) is 79.1 Å². The Balaban J connectivity index is 1.78. The van der Waals surface area contributed by atoms with Crippen LogP contribution in [0.4, 0.5) is 0 Å². The average Bonchev–Trinajstić information content (AvgIpc) is 3.28. The van der Waals surface area contributed by atoms with Crippen molar-refractivity contribution >= 4 is 38.2 Å². The van der Waals surface area contributed by atoms with Crippen molar-refractivity contribution in [2.24, 2.45) is 0 Å². The number of pyridine rings is 2. The van der Waals surface area contributed by atoms with Crippen LogP contribution in [-0.4, -0.2) is 14.4 Å². The molecule has 0 N–H and O–H groups in total. The van der Waals surface area contributed by atoms with Crippen LogP contribution in [0.3, 0.4) is 0 Å². The van der Waals surface area contributed by atoms with E-state index in [1.807, 2.05) is 12.3 Å². The molecule has 3 aromatic carbocycles. The van der Waals surface area contributed by atoms with Crippen LogP contribution >= 0.6 is 0 Å². The Morgan fingerprint density at radius 3 is 2.18 bits per heavy atom. The van der Waals surface area contributed by atoms with Crippen molar-refractivity contribution in [1.29, 1.82) is 0 Å². The maximum Gasteiger partial charge on any atom is 0.145 e. The van der Waals surface area contributed by atoms with E-state index in [0.29, 0.717) is 11.8 Å². The monoisotopic (exact) mass is 429 g/mol. The largest absolute Gasteiger partial charge is 0.298 e. The molecular formula is C30H27N3. The van der Waals surface area contributed by atoms with Gasteiger partial charge in [0.05, 0.1) is 16.7 Å². The summed E-state index contributed by atoms with van der Waals surface area (Å²) in [5, 5.41) is 4.72. The molecule has 0 bridgehead atoms. The summed E-state index contributed by atoms with van der Waals surface area (Å²) in [5.74, 6) is 0.846. The van der Waals surface area contributed by atoms with Crippen LogP contribution in [0.5, 0.6) is 0 Å². The molecular weight excluding hydrogens is 402 g/mol. The highest BCUT2D eigenvalue weighted by atomic mass is 15.0. The fraction of sp³-hybridized carbons (Fsp3) is 0.200. The lowest BCUT2D eigenvalue weighted by molar-refractivity contribution is 0.837. The van der Waals surface area contributed by atoms with Gasteiger partial charge >= 0.3 is 0 Å². The molecule has 3 heteroatoms. The zero-order chi connectivity index (χ0) is 22.7. The first-order valence-corrected chi connectivity index (χ1v) is 11.7. The molecule has 0 aliphatic rings. The number of benzene rings is 3.